The van der Waals surface area contributed by atoms with Crippen molar-refractivity contribution >= 4 is 29.2 Å². The number of ether oxygens (including phenoxy) is 3. The molecular weight excluding hydrogens is 389 g/mol. The Kier molecular flexibility index (Phi) is 8.07. The molecule has 0 fully saturated rings. The van der Waals surface area contributed by atoms with E-state index in [1.807, 2.05) is 0 Å². The molecule has 0 bridgehead atoms. The van der Waals surface area contributed by atoms with Crippen LogP contribution in [0.15, 0.2) is 42.5 Å². The third kappa shape index (κ3) is 6.74. The van der Waals surface area contributed by atoms with E-state index in [-0.39, 0.29) is 17.1 Å². The second-order valence-electron chi connectivity index (χ2n) is 5.87. The Balaban J connectivity index is 1.70. The molecule has 28 heavy (non-hydrogen) atoms. The highest BCUT2D eigenvalue weighted by Gasteiger charge is 2.19. The largest absolute Gasteiger partial charge is 0.497 e. The van der Waals surface area contributed by atoms with Gasteiger partial charge >= 0.3 is 5.97 Å². The Morgan fingerprint density at radius 2 is 1.82 bits per heavy atom. The van der Waals surface area contributed by atoms with Crippen LogP contribution in [0.1, 0.15) is 19.8 Å². The van der Waals surface area contributed by atoms with E-state index in [1.165, 1.54) is 19.1 Å². The summed E-state index contributed by atoms with van der Waals surface area (Å²) in [6.45, 7) is 1.73. The van der Waals surface area contributed by atoms with Gasteiger partial charge in [-0.1, -0.05) is 11.6 Å². The van der Waals surface area contributed by atoms with Crippen LogP contribution >= 0.6 is 11.6 Å². The predicted octanol–water partition coefficient (Wildman–Crippen LogP) is 4.22. The van der Waals surface area contributed by atoms with Crippen molar-refractivity contribution < 1.29 is 28.2 Å². The molecule has 2 aromatic rings. The van der Waals surface area contributed by atoms with Crippen molar-refractivity contribution in [2.45, 2.75) is 25.9 Å². The maximum absolute atomic E-state index is 13.7. The van der Waals surface area contributed by atoms with E-state index in [1.54, 1.807) is 31.4 Å². The first-order valence-electron chi connectivity index (χ1n) is 8.61. The molecular formula is C20H21ClFNO5. The van der Waals surface area contributed by atoms with Gasteiger partial charge < -0.3 is 19.5 Å². The molecule has 150 valence electrons. The van der Waals surface area contributed by atoms with E-state index >= 15 is 0 Å². The lowest BCUT2D eigenvalue weighted by atomic mass is 10.2. The molecule has 0 unspecified atom stereocenters. The molecule has 1 N–H and O–H groups in total. The first-order valence-corrected chi connectivity index (χ1v) is 8.99. The summed E-state index contributed by atoms with van der Waals surface area (Å²) in [4.78, 5) is 23.9. The zero-order valence-electron chi connectivity index (χ0n) is 15.5. The molecule has 8 heteroatoms. The lowest BCUT2D eigenvalue weighted by molar-refractivity contribution is -0.153. The fourth-order valence-electron chi connectivity index (χ4n) is 2.21. The van der Waals surface area contributed by atoms with E-state index < -0.39 is 23.8 Å². The average molecular weight is 410 g/mol. The van der Waals surface area contributed by atoms with Crippen LogP contribution in [-0.2, 0) is 14.3 Å². The van der Waals surface area contributed by atoms with Gasteiger partial charge in [0.05, 0.1) is 19.4 Å². The Morgan fingerprint density at radius 3 is 2.46 bits per heavy atom. The van der Waals surface area contributed by atoms with Crippen LogP contribution in [-0.4, -0.2) is 31.7 Å². The Morgan fingerprint density at radius 1 is 1.14 bits per heavy atom. The number of rotatable bonds is 9. The number of amides is 1. The summed E-state index contributed by atoms with van der Waals surface area (Å²) in [5.74, 6) is -0.467. The van der Waals surface area contributed by atoms with Crippen molar-refractivity contribution in [1.29, 1.82) is 0 Å². The molecule has 6 nitrogen and oxygen atoms in total. The number of esters is 1. The highest BCUT2D eigenvalue weighted by molar-refractivity contribution is 6.30. The van der Waals surface area contributed by atoms with Gasteiger partial charge in [0, 0.05) is 11.4 Å². The number of carbonyl (C=O) groups excluding carboxylic acids is 2. The summed E-state index contributed by atoms with van der Waals surface area (Å²) < 4.78 is 29.3. The van der Waals surface area contributed by atoms with Crippen molar-refractivity contribution in [2.24, 2.45) is 0 Å². The van der Waals surface area contributed by atoms with Crippen molar-refractivity contribution in [2.75, 3.05) is 19.0 Å². The lowest BCUT2D eigenvalue weighted by Gasteiger charge is -2.14. The number of carbonyl (C=O) groups is 2. The number of hydrogen-bond donors (Lipinski definition) is 1. The second kappa shape index (κ2) is 10.5. The first kappa shape index (κ1) is 21.5. The Hall–Kier alpha value is -2.80. The SMILES string of the molecule is COc1ccc(OCCCC(=O)O[C@H](C)C(=O)Nc2ccc(Cl)cc2F)cc1. The first-order chi connectivity index (χ1) is 13.4. The maximum Gasteiger partial charge on any atom is 0.306 e. The second-order valence-corrected chi connectivity index (χ2v) is 6.31. The normalized spacial score (nSPS) is 11.4. The molecule has 0 aromatic heterocycles. The third-order valence-corrected chi connectivity index (χ3v) is 3.95. The summed E-state index contributed by atoms with van der Waals surface area (Å²) in [5, 5.41) is 2.57. The number of anilines is 1. The summed E-state index contributed by atoms with van der Waals surface area (Å²) >= 11 is 5.66. The van der Waals surface area contributed by atoms with Gasteiger partial charge in [0.25, 0.3) is 5.91 Å². The molecule has 0 aliphatic rings. The molecule has 0 spiro atoms. The lowest BCUT2D eigenvalue weighted by Crippen LogP contribution is -2.30. The summed E-state index contributed by atoms with van der Waals surface area (Å²) in [5.41, 5.74) is -0.0369. The number of hydrogen-bond acceptors (Lipinski definition) is 5. The Labute approximate surface area is 167 Å². The molecule has 0 radical (unpaired) electrons. The van der Waals surface area contributed by atoms with Crippen LogP contribution in [0.3, 0.4) is 0 Å². The van der Waals surface area contributed by atoms with Gasteiger partial charge in [-0.15, -0.1) is 0 Å². The number of methoxy groups -OCH3 is 1. The van der Waals surface area contributed by atoms with Gasteiger partial charge in [-0.25, -0.2) is 4.39 Å². The van der Waals surface area contributed by atoms with Gasteiger partial charge in [0.2, 0.25) is 0 Å². The maximum atomic E-state index is 13.7. The van der Waals surface area contributed by atoms with E-state index in [4.69, 9.17) is 25.8 Å². The van der Waals surface area contributed by atoms with Crippen molar-refractivity contribution in [3.05, 3.63) is 53.3 Å². The van der Waals surface area contributed by atoms with Crippen LogP contribution in [0, 0.1) is 5.82 Å². The quantitative estimate of drug-likeness (QED) is 0.496. The third-order valence-electron chi connectivity index (χ3n) is 3.72. The molecule has 0 heterocycles. The molecule has 0 aliphatic carbocycles. The molecule has 2 rings (SSSR count). The van der Waals surface area contributed by atoms with Crippen LogP contribution in [0.5, 0.6) is 11.5 Å². The van der Waals surface area contributed by atoms with E-state index in [0.717, 1.165) is 11.8 Å². The van der Waals surface area contributed by atoms with Gasteiger partial charge in [-0.05, 0) is 55.8 Å². The van der Waals surface area contributed by atoms with Crippen LogP contribution in [0.4, 0.5) is 10.1 Å². The highest BCUT2D eigenvalue weighted by Crippen LogP contribution is 2.19. The summed E-state index contributed by atoms with van der Waals surface area (Å²) in [7, 11) is 1.58. The van der Waals surface area contributed by atoms with E-state index in [9.17, 15) is 14.0 Å². The van der Waals surface area contributed by atoms with Crippen molar-refractivity contribution in [3.8, 4) is 11.5 Å². The Bertz CT molecular complexity index is 813. The molecule has 0 aliphatic heterocycles. The highest BCUT2D eigenvalue weighted by atomic mass is 35.5. The van der Waals surface area contributed by atoms with Crippen LogP contribution in [0.2, 0.25) is 5.02 Å². The van der Waals surface area contributed by atoms with Gasteiger partial charge in [0.1, 0.15) is 17.3 Å². The van der Waals surface area contributed by atoms with Gasteiger partial charge in [-0.3, -0.25) is 9.59 Å². The summed E-state index contributed by atoms with van der Waals surface area (Å²) in [6, 6.07) is 10.9. The van der Waals surface area contributed by atoms with Crippen molar-refractivity contribution in [3.63, 3.8) is 0 Å². The van der Waals surface area contributed by atoms with E-state index in [2.05, 4.69) is 5.32 Å². The average Bonchev–Trinajstić information content (AvgIpc) is 2.67. The predicted molar refractivity (Wildman–Crippen MR) is 103 cm³/mol. The molecule has 2 aromatic carbocycles. The van der Waals surface area contributed by atoms with Gasteiger partial charge in [0.15, 0.2) is 6.10 Å². The zero-order chi connectivity index (χ0) is 20.5. The number of benzene rings is 2. The molecule has 1 amide bonds. The topological polar surface area (TPSA) is 73.9 Å². The van der Waals surface area contributed by atoms with Crippen LogP contribution < -0.4 is 14.8 Å². The minimum atomic E-state index is -1.06. The zero-order valence-corrected chi connectivity index (χ0v) is 16.3. The minimum Gasteiger partial charge on any atom is -0.497 e. The number of nitrogens with one attached hydrogen (secondary N) is 1. The number of halogens is 2. The smallest absolute Gasteiger partial charge is 0.306 e. The van der Waals surface area contributed by atoms with E-state index in [0.29, 0.717) is 18.8 Å². The fraction of sp³-hybridized carbons (Fsp3) is 0.300. The monoisotopic (exact) mass is 409 g/mol. The van der Waals surface area contributed by atoms with Crippen LogP contribution in [0.25, 0.3) is 0 Å². The molecule has 0 saturated heterocycles. The fourth-order valence-corrected chi connectivity index (χ4v) is 2.37. The standard InChI is InChI=1S/C20H21ClFNO5/c1-13(20(25)23-18-10-5-14(21)12-17(18)22)28-19(24)4-3-11-27-16-8-6-15(26-2)7-9-16/h5-10,12-13H,3-4,11H2,1-2H3,(H,23,25)/t13-/m1/s1. The van der Waals surface area contributed by atoms with Crippen molar-refractivity contribution in [1.82, 2.24) is 0 Å². The molecule has 1 atom stereocenters. The molecule has 0 saturated carbocycles. The van der Waals surface area contributed by atoms with Gasteiger partial charge in [-0.2, -0.15) is 0 Å². The summed E-state index contributed by atoms with van der Waals surface area (Å²) in [6.07, 6.45) is -0.557. The minimum absolute atomic E-state index is 0.0369.